The molecule has 0 aliphatic rings. The molecule has 124 valence electrons. The first-order valence-electron chi connectivity index (χ1n) is 7.82. The molecule has 2 aromatic carbocycles. The summed E-state index contributed by atoms with van der Waals surface area (Å²) in [5, 5.41) is 11.7. The van der Waals surface area contributed by atoms with Crippen molar-refractivity contribution in [2.24, 2.45) is 0 Å². The van der Waals surface area contributed by atoms with E-state index < -0.39 is 0 Å². The maximum absolute atomic E-state index is 6.02. The first kappa shape index (κ1) is 15.3. The van der Waals surface area contributed by atoms with Crippen molar-refractivity contribution in [3.8, 4) is 22.8 Å². The van der Waals surface area contributed by atoms with E-state index in [1.165, 1.54) is 4.68 Å². The monoisotopic (exact) mass is 348 g/mol. The van der Waals surface area contributed by atoms with Crippen LogP contribution in [0.3, 0.4) is 0 Å². The number of hydrogen-bond donors (Lipinski definition) is 2. The van der Waals surface area contributed by atoms with Crippen LogP contribution in [0.2, 0.25) is 0 Å². The van der Waals surface area contributed by atoms with Gasteiger partial charge in [-0.25, -0.2) is 9.77 Å². The van der Waals surface area contributed by atoms with E-state index in [1.54, 1.807) is 0 Å². The summed E-state index contributed by atoms with van der Waals surface area (Å²) in [6.07, 6.45) is 0. The van der Waals surface area contributed by atoms with Crippen molar-refractivity contribution in [3.63, 3.8) is 0 Å². The summed E-state index contributed by atoms with van der Waals surface area (Å²) in [5.41, 5.74) is 3.84. The van der Waals surface area contributed by atoms with Gasteiger partial charge in [-0.05, 0) is 23.8 Å². The highest BCUT2D eigenvalue weighted by molar-refractivity contribution is 7.71. The fraction of sp³-hybridized carbons (Fsp3) is 0.0556. The SMILES string of the molecule is Nn1c(-c2cc(-c3ccccc3)nn2Cc2ccccc2)n[nH]c1=S. The number of nitrogens with two attached hydrogens (primary N) is 1. The van der Waals surface area contributed by atoms with Crippen molar-refractivity contribution < 1.29 is 0 Å². The molecule has 0 aliphatic heterocycles. The molecule has 2 aromatic heterocycles. The highest BCUT2D eigenvalue weighted by atomic mass is 32.1. The molecule has 0 unspecified atom stereocenters. The largest absolute Gasteiger partial charge is 0.335 e. The van der Waals surface area contributed by atoms with E-state index in [0.29, 0.717) is 17.1 Å². The van der Waals surface area contributed by atoms with Gasteiger partial charge in [-0.1, -0.05) is 60.7 Å². The molecule has 4 aromatic rings. The Morgan fingerprint density at radius 2 is 1.68 bits per heavy atom. The number of aromatic amines is 1. The zero-order chi connectivity index (χ0) is 17.2. The van der Waals surface area contributed by atoms with Gasteiger partial charge in [-0.15, -0.1) is 0 Å². The number of aromatic nitrogens is 5. The van der Waals surface area contributed by atoms with Gasteiger partial charge in [0.05, 0.1) is 12.2 Å². The van der Waals surface area contributed by atoms with Crippen LogP contribution in [0.5, 0.6) is 0 Å². The van der Waals surface area contributed by atoms with Crippen LogP contribution in [0.15, 0.2) is 66.7 Å². The third-order valence-electron chi connectivity index (χ3n) is 3.96. The van der Waals surface area contributed by atoms with Crippen molar-refractivity contribution in [1.82, 2.24) is 24.7 Å². The minimum absolute atomic E-state index is 0.365. The molecular formula is C18H16N6S. The van der Waals surface area contributed by atoms with E-state index >= 15 is 0 Å². The predicted octanol–water partition coefficient (Wildman–Crippen LogP) is 3.23. The van der Waals surface area contributed by atoms with Crippen LogP contribution >= 0.6 is 12.2 Å². The Morgan fingerprint density at radius 3 is 2.32 bits per heavy atom. The lowest BCUT2D eigenvalue weighted by Crippen LogP contribution is -2.13. The van der Waals surface area contributed by atoms with Crippen LogP contribution in [0.1, 0.15) is 5.56 Å². The lowest BCUT2D eigenvalue weighted by atomic mass is 10.1. The average molecular weight is 348 g/mol. The van der Waals surface area contributed by atoms with Gasteiger partial charge < -0.3 is 5.84 Å². The van der Waals surface area contributed by atoms with Gasteiger partial charge in [0, 0.05) is 5.56 Å². The van der Waals surface area contributed by atoms with Crippen LogP contribution in [0.25, 0.3) is 22.8 Å². The molecule has 6 nitrogen and oxygen atoms in total. The van der Waals surface area contributed by atoms with E-state index in [-0.39, 0.29) is 0 Å². The number of nitrogens with zero attached hydrogens (tertiary/aromatic N) is 4. The maximum atomic E-state index is 6.02. The molecule has 0 bridgehead atoms. The molecule has 0 amide bonds. The number of nitrogens with one attached hydrogen (secondary N) is 1. The molecule has 0 fully saturated rings. The van der Waals surface area contributed by atoms with Gasteiger partial charge in [0.15, 0.2) is 5.82 Å². The van der Waals surface area contributed by atoms with Crippen molar-refractivity contribution in [2.45, 2.75) is 6.54 Å². The molecule has 0 aliphatic carbocycles. The van der Waals surface area contributed by atoms with E-state index in [0.717, 1.165) is 22.5 Å². The highest BCUT2D eigenvalue weighted by Crippen LogP contribution is 2.25. The third kappa shape index (κ3) is 2.97. The molecular weight excluding hydrogens is 332 g/mol. The number of benzene rings is 2. The van der Waals surface area contributed by atoms with Gasteiger partial charge in [-0.3, -0.25) is 4.68 Å². The third-order valence-corrected chi connectivity index (χ3v) is 4.25. The molecule has 2 heterocycles. The zero-order valence-corrected chi connectivity index (χ0v) is 14.1. The van der Waals surface area contributed by atoms with E-state index in [9.17, 15) is 0 Å². The summed E-state index contributed by atoms with van der Waals surface area (Å²) in [7, 11) is 0. The first-order valence-corrected chi connectivity index (χ1v) is 8.23. The van der Waals surface area contributed by atoms with Crippen LogP contribution in [0.4, 0.5) is 0 Å². The van der Waals surface area contributed by atoms with Crippen molar-refractivity contribution >= 4 is 12.2 Å². The molecule has 4 rings (SSSR count). The molecule has 0 radical (unpaired) electrons. The standard InChI is InChI=1S/C18H16N6S/c19-24-17(20-21-18(24)25)16-11-15(14-9-5-2-6-10-14)22-23(16)12-13-7-3-1-4-8-13/h1-11H,12,19H2,(H,21,25). The minimum atomic E-state index is 0.365. The fourth-order valence-corrected chi connectivity index (χ4v) is 2.84. The topological polar surface area (TPSA) is 77.5 Å². The lowest BCUT2D eigenvalue weighted by molar-refractivity contribution is 0.690. The van der Waals surface area contributed by atoms with E-state index in [1.807, 2.05) is 59.3 Å². The molecule has 7 heteroatoms. The zero-order valence-electron chi connectivity index (χ0n) is 13.3. The second-order valence-corrected chi connectivity index (χ2v) is 6.03. The second-order valence-electron chi connectivity index (χ2n) is 5.65. The van der Waals surface area contributed by atoms with Gasteiger partial charge in [0.2, 0.25) is 4.77 Å². The first-order chi connectivity index (χ1) is 12.2. The number of H-pyrrole nitrogens is 1. The van der Waals surface area contributed by atoms with Crippen LogP contribution in [0, 0.1) is 4.77 Å². The Labute approximate surface area is 149 Å². The van der Waals surface area contributed by atoms with Crippen molar-refractivity contribution in [3.05, 3.63) is 77.1 Å². The molecule has 3 N–H and O–H groups in total. The molecule has 0 saturated carbocycles. The Balaban J connectivity index is 1.84. The van der Waals surface area contributed by atoms with Crippen LogP contribution < -0.4 is 5.84 Å². The number of hydrogen-bond acceptors (Lipinski definition) is 4. The average Bonchev–Trinajstić information content (AvgIpc) is 3.21. The fourth-order valence-electron chi connectivity index (χ4n) is 2.71. The van der Waals surface area contributed by atoms with Crippen LogP contribution in [-0.2, 0) is 6.54 Å². The summed E-state index contributed by atoms with van der Waals surface area (Å²) in [6.45, 7) is 0.614. The Hall–Kier alpha value is -3.19. The summed E-state index contributed by atoms with van der Waals surface area (Å²) < 4.78 is 3.62. The minimum Gasteiger partial charge on any atom is -0.335 e. The second kappa shape index (κ2) is 6.37. The van der Waals surface area contributed by atoms with Gasteiger partial charge >= 0.3 is 0 Å². The van der Waals surface area contributed by atoms with Gasteiger partial charge in [0.25, 0.3) is 0 Å². The van der Waals surface area contributed by atoms with Gasteiger partial charge in [0.1, 0.15) is 5.69 Å². The van der Waals surface area contributed by atoms with Gasteiger partial charge in [-0.2, -0.15) is 10.2 Å². The Bertz CT molecular complexity index is 1050. The molecule has 25 heavy (non-hydrogen) atoms. The highest BCUT2D eigenvalue weighted by Gasteiger charge is 2.16. The number of rotatable bonds is 4. The molecule has 0 saturated heterocycles. The van der Waals surface area contributed by atoms with Crippen LogP contribution in [-0.4, -0.2) is 24.7 Å². The van der Waals surface area contributed by atoms with Crippen molar-refractivity contribution in [1.29, 1.82) is 0 Å². The molecule has 0 spiro atoms. The smallest absolute Gasteiger partial charge is 0.214 e. The lowest BCUT2D eigenvalue weighted by Gasteiger charge is -2.06. The quantitative estimate of drug-likeness (QED) is 0.438. The Kier molecular flexibility index (Phi) is 3.91. The number of nitrogen functional groups attached to an aromatic ring is 1. The Morgan fingerprint density at radius 1 is 1.00 bits per heavy atom. The summed E-state index contributed by atoms with van der Waals surface area (Å²) in [5.74, 6) is 6.57. The molecule has 0 atom stereocenters. The summed E-state index contributed by atoms with van der Waals surface area (Å²) in [6, 6.07) is 22.1. The van der Waals surface area contributed by atoms with E-state index in [2.05, 4.69) is 22.3 Å². The maximum Gasteiger partial charge on any atom is 0.214 e. The normalized spacial score (nSPS) is 10.9. The summed E-state index contributed by atoms with van der Waals surface area (Å²) >= 11 is 5.14. The van der Waals surface area contributed by atoms with Crippen molar-refractivity contribution in [2.75, 3.05) is 5.84 Å². The predicted molar refractivity (Wildman–Crippen MR) is 99.8 cm³/mol. The summed E-state index contributed by atoms with van der Waals surface area (Å²) in [4.78, 5) is 0. The van der Waals surface area contributed by atoms with E-state index in [4.69, 9.17) is 23.2 Å².